The second kappa shape index (κ2) is 15.2. The third-order valence-corrected chi connectivity index (χ3v) is 13.0. The van der Waals surface area contributed by atoms with Crippen molar-refractivity contribution in [3.63, 3.8) is 0 Å². The molecule has 5 aromatic rings. The molecule has 4 amide bonds. The molecule has 2 heterocycles. The number of allylic oxidation sites excluding steroid dienone is 2. The van der Waals surface area contributed by atoms with E-state index in [0.29, 0.717) is 39.0 Å². The Morgan fingerprint density at radius 3 is 2.18 bits per heavy atom. The van der Waals surface area contributed by atoms with Crippen molar-refractivity contribution in [1.29, 1.82) is 0 Å². The Labute approximate surface area is 352 Å². The van der Waals surface area contributed by atoms with Gasteiger partial charge in [0.2, 0.25) is 23.6 Å². The average molecular weight is 821 g/mol. The van der Waals surface area contributed by atoms with Crippen LogP contribution in [0.25, 0.3) is 12.2 Å². The van der Waals surface area contributed by atoms with Crippen molar-refractivity contribution >= 4 is 58.8 Å². The minimum Gasteiger partial charge on any atom is -0.504 e. The van der Waals surface area contributed by atoms with E-state index in [-0.39, 0.29) is 36.2 Å². The van der Waals surface area contributed by atoms with Crippen molar-refractivity contribution in [3.8, 4) is 23.0 Å². The molecule has 2 aliphatic carbocycles. The van der Waals surface area contributed by atoms with Gasteiger partial charge in [0.05, 0.1) is 55.9 Å². The number of amides is 4. The number of aromatic hydroxyl groups is 1. The quantitative estimate of drug-likeness (QED) is 0.0892. The van der Waals surface area contributed by atoms with E-state index in [9.17, 15) is 14.7 Å². The molecule has 6 atom stereocenters. The molecular formula is C49H41ClN2O8. The molecule has 2 saturated heterocycles. The third-order valence-electron chi connectivity index (χ3n) is 12.7. The molecular weight excluding hydrogens is 780 g/mol. The van der Waals surface area contributed by atoms with Gasteiger partial charge in [0, 0.05) is 16.5 Å². The van der Waals surface area contributed by atoms with Gasteiger partial charge in [0.15, 0.2) is 11.5 Å². The summed E-state index contributed by atoms with van der Waals surface area (Å²) in [5.41, 5.74) is 3.08. The Kier molecular flexibility index (Phi) is 9.83. The van der Waals surface area contributed by atoms with Crippen LogP contribution in [0.15, 0.2) is 127 Å². The highest BCUT2D eigenvalue weighted by Crippen LogP contribution is 2.65. The Bertz CT molecular complexity index is 2620. The molecule has 2 aliphatic heterocycles. The summed E-state index contributed by atoms with van der Waals surface area (Å²) >= 11 is 6.44. The zero-order valence-electron chi connectivity index (χ0n) is 33.1. The summed E-state index contributed by atoms with van der Waals surface area (Å²) in [6.45, 7) is 0. The number of rotatable bonds is 9. The van der Waals surface area contributed by atoms with E-state index in [1.165, 1.54) is 23.0 Å². The first-order valence-corrected chi connectivity index (χ1v) is 20.1. The second-order valence-electron chi connectivity index (χ2n) is 15.6. The molecule has 5 aromatic carbocycles. The number of nitrogens with zero attached hydrogens (tertiary/aromatic N) is 2. The summed E-state index contributed by atoms with van der Waals surface area (Å²) < 4.78 is 16.5. The molecule has 9 rings (SSSR count). The predicted octanol–water partition coefficient (Wildman–Crippen LogP) is 8.61. The number of benzene rings is 5. The molecule has 1 saturated carbocycles. The zero-order valence-corrected chi connectivity index (χ0v) is 33.8. The van der Waals surface area contributed by atoms with Crippen LogP contribution in [0.5, 0.6) is 23.0 Å². The number of halogens is 1. The molecule has 3 fully saturated rings. The van der Waals surface area contributed by atoms with Gasteiger partial charge in [-0.3, -0.25) is 24.1 Å². The van der Waals surface area contributed by atoms with Gasteiger partial charge >= 0.3 is 0 Å². The molecule has 1 N–H and O–H groups in total. The number of imide groups is 2. The van der Waals surface area contributed by atoms with Crippen LogP contribution >= 0.6 is 11.6 Å². The van der Waals surface area contributed by atoms with Crippen LogP contribution in [0, 0.1) is 23.7 Å². The first-order chi connectivity index (χ1) is 29.1. The van der Waals surface area contributed by atoms with Crippen molar-refractivity contribution < 1.29 is 38.5 Å². The lowest BCUT2D eigenvalue weighted by Crippen LogP contribution is -2.53. The first kappa shape index (κ1) is 38.8. The highest BCUT2D eigenvalue weighted by Gasteiger charge is 2.70. The number of phenolic OH excluding ortho intramolecular Hbond substituents is 1. The van der Waals surface area contributed by atoms with E-state index >= 15 is 9.59 Å². The fraction of sp³-hybridized carbons (Fsp3) is 0.224. The molecule has 0 aromatic heterocycles. The van der Waals surface area contributed by atoms with E-state index in [4.69, 9.17) is 25.8 Å². The Hall–Kier alpha value is -6.65. The number of hydrogen-bond donors (Lipinski definition) is 1. The number of carbonyl (C=O) groups is 4. The molecule has 60 heavy (non-hydrogen) atoms. The van der Waals surface area contributed by atoms with E-state index in [2.05, 4.69) is 0 Å². The van der Waals surface area contributed by atoms with Crippen molar-refractivity contribution in [2.75, 3.05) is 31.1 Å². The highest BCUT2D eigenvalue weighted by molar-refractivity contribution is 6.32. The maximum atomic E-state index is 15.5. The topological polar surface area (TPSA) is 123 Å². The van der Waals surface area contributed by atoms with E-state index in [1.807, 2.05) is 78.9 Å². The van der Waals surface area contributed by atoms with Crippen LogP contribution in [0.3, 0.4) is 0 Å². The Balaban J connectivity index is 1.13. The molecule has 4 aliphatic rings. The van der Waals surface area contributed by atoms with E-state index in [0.717, 1.165) is 16.7 Å². The molecule has 0 radical (unpaired) electrons. The van der Waals surface area contributed by atoms with Gasteiger partial charge in [-0.25, -0.2) is 4.90 Å². The summed E-state index contributed by atoms with van der Waals surface area (Å²) in [5, 5.41) is 11.1. The van der Waals surface area contributed by atoms with Crippen molar-refractivity contribution in [3.05, 3.63) is 154 Å². The number of anilines is 2. The van der Waals surface area contributed by atoms with Crippen molar-refractivity contribution in [1.82, 2.24) is 0 Å². The largest absolute Gasteiger partial charge is 0.504 e. The van der Waals surface area contributed by atoms with Gasteiger partial charge in [-0.05, 0) is 96.1 Å². The monoisotopic (exact) mass is 820 g/mol. The number of fused-ring (bicyclic) bond motifs is 4. The van der Waals surface area contributed by atoms with Gasteiger partial charge in [-0.2, -0.15) is 0 Å². The molecule has 0 bridgehead atoms. The highest BCUT2D eigenvalue weighted by atomic mass is 35.5. The summed E-state index contributed by atoms with van der Waals surface area (Å²) in [6, 6.07) is 33.7. The average Bonchev–Trinajstić information content (AvgIpc) is 3.66. The number of phenols is 1. The first-order valence-electron chi connectivity index (χ1n) is 19.7. The smallest absolute Gasteiger partial charge is 0.246 e. The molecule has 0 spiro atoms. The fourth-order valence-electron chi connectivity index (χ4n) is 10.1. The summed E-state index contributed by atoms with van der Waals surface area (Å²) in [5.74, 6) is -3.69. The maximum absolute atomic E-state index is 15.5. The lowest BCUT2D eigenvalue weighted by Gasteiger charge is -2.50. The molecule has 0 unspecified atom stereocenters. The van der Waals surface area contributed by atoms with Gasteiger partial charge in [0.1, 0.15) is 11.5 Å². The Morgan fingerprint density at radius 2 is 1.47 bits per heavy atom. The van der Waals surface area contributed by atoms with Crippen molar-refractivity contribution in [2.24, 2.45) is 23.7 Å². The van der Waals surface area contributed by atoms with Crippen LogP contribution < -0.4 is 24.0 Å². The minimum atomic E-state index is -1.46. The van der Waals surface area contributed by atoms with Crippen LogP contribution in [0.2, 0.25) is 5.02 Å². The van der Waals surface area contributed by atoms with Gasteiger partial charge < -0.3 is 19.3 Å². The minimum absolute atomic E-state index is 0.0836. The maximum Gasteiger partial charge on any atom is 0.246 e. The fourth-order valence-corrected chi connectivity index (χ4v) is 10.3. The number of hydrogen-bond acceptors (Lipinski definition) is 8. The second-order valence-corrected chi connectivity index (χ2v) is 16.0. The lowest BCUT2D eigenvalue weighted by atomic mass is 9.49. The van der Waals surface area contributed by atoms with Gasteiger partial charge in [-0.15, -0.1) is 0 Å². The van der Waals surface area contributed by atoms with Crippen LogP contribution in [0.4, 0.5) is 11.4 Å². The van der Waals surface area contributed by atoms with Crippen LogP contribution in [0.1, 0.15) is 41.0 Å². The summed E-state index contributed by atoms with van der Waals surface area (Å²) in [7, 11) is 4.66. The number of carbonyl (C=O) groups excluding carboxylic acids is 4. The Morgan fingerprint density at radius 1 is 0.700 bits per heavy atom. The predicted molar refractivity (Wildman–Crippen MR) is 228 cm³/mol. The summed E-state index contributed by atoms with van der Waals surface area (Å²) in [6.07, 6.45) is 6.25. The normalized spacial score (nSPS) is 24.6. The molecule has 10 nitrogen and oxygen atoms in total. The van der Waals surface area contributed by atoms with Gasteiger partial charge in [-0.1, -0.05) is 90.0 Å². The van der Waals surface area contributed by atoms with Crippen molar-refractivity contribution in [2.45, 2.75) is 24.2 Å². The molecule has 302 valence electrons. The third kappa shape index (κ3) is 6.00. The number of methoxy groups -OCH3 is 3. The molecule has 11 heteroatoms. The SMILES string of the molecule is COc1ccc(OC)c(C=Cc2ccc(N3C(=O)[C@H]4[C@H](CC=C5[C@H]4C[C@H]4C(=O)N(c6cccc(Cl)c6)C(=O)[C@@]4(c4ccccc4)[C@H]5c4ccc(O)c(OC)c4)C3=O)cc2)c1. The van der Waals surface area contributed by atoms with Crippen LogP contribution in [-0.2, 0) is 24.6 Å². The lowest BCUT2D eigenvalue weighted by molar-refractivity contribution is -0.127. The standard InChI is InChI=1S/C49H41ClN2O8/c1-58-35-19-23-41(59-2)29(24-35)15-12-28-13-17-33(18-14-28)51-45(54)37-21-20-36-38(43(37)47(51)56)27-39-46(55)52(34-11-7-10-32(50)26-34)48(57)49(39,31-8-5-4-6-9-31)44(36)30-16-22-40(53)42(25-30)60-3/h4-20,22-26,37-39,43-44,53H,21,27H2,1-3H3/t37-,38+,39-,43-,44-,49+/m0/s1. The van der Waals surface area contributed by atoms with E-state index < -0.39 is 46.8 Å². The summed E-state index contributed by atoms with van der Waals surface area (Å²) in [4.78, 5) is 62.2. The zero-order chi connectivity index (χ0) is 41.9. The van der Waals surface area contributed by atoms with Crippen LogP contribution in [-0.4, -0.2) is 50.1 Å². The van der Waals surface area contributed by atoms with E-state index in [1.54, 1.807) is 62.8 Å². The van der Waals surface area contributed by atoms with Gasteiger partial charge in [0.25, 0.3) is 0 Å². The number of ether oxygens (including phenoxy) is 3.